The van der Waals surface area contributed by atoms with Gasteiger partial charge in [0.1, 0.15) is 11.6 Å². The summed E-state index contributed by atoms with van der Waals surface area (Å²) in [6.45, 7) is 7.62. The second-order valence-electron chi connectivity index (χ2n) is 9.21. The summed E-state index contributed by atoms with van der Waals surface area (Å²) in [6, 6.07) is 14.0. The summed E-state index contributed by atoms with van der Waals surface area (Å²) in [4.78, 5) is 19.0. The maximum absolute atomic E-state index is 13.5. The predicted molar refractivity (Wildman–Crippen MR) is 119 cm³/mol. The number of nitrogens with zero attached hydrogens (tertiary/aromatic N) is 3. The molecule has 168 valence electrons. The van der Waals surface area contributed by atoms with E-state index in [2.05, 4.69) is 30.9 Å². The van der Waals surface area contributed by atoms with Gasteiger partial charge in [0.05, 0.1) is 5.92 Å². The van der Waals surface area contributed by atoms with Crippen molar-refractivity contribution in [3.63, 3.8) is 0 Å². The van der Waals surface area contributed by atoms with E-state index in [-0.39, 0.29) is 29.7 Å². The lowest BCUT2D eigenvalue weighted by molar-refractivity contribution is -0.134. The maximum Gasteiger partial charge on any atom is 0.260 e. The lowest BCUT2D eigenvalue weighted by Crippen LogP contribution is -2.41. The molecule has 2 heterocycles. The van der Waals surface area contributed by atoms with Gasteiger partial charge in [-0.3, -0.25) is 4.79 Å². The molecule has 1 unspecified atom stereocenters. The van der Waals surface area contributed by atoms with Crippen LogP contribution in [0.4, 0.5) is 4.39 Å². The molecule has 1 saturated heterocycles. The molecule has 2 aromatic carbocycles. The number of amides is 1. The molecule has 32 heavy (non-hydrogen) atoms. The van der Waals surface area contributed by atoms with E-state index in [0.29, 0.717) is 36.1 Å². The highest BCUT2D eigenvalue weighted by Crippen LogP contribution is 2.28. The summed E-state index contributed by atoms with van der Waals surface area (Å²) in [7, 11) is 0. The predicted octanol–water partition coefficient (Wildman–Crippen LogP) is 4.96. The first kappa shape index (κ1) is 22.0. The molecule has 3 aromatic rings. The number of carbonyl (C=O) groups is 1. The number of carbonyl (C=O) groups excluding carboxylic acids is 1. The van der Waals surface area contributed by atoms with Crippen LogP contribution in [0.1, 0.15) is 51.0 Å². The lowest BCUT2D eigenvalue weighted by atomic mass is 9.87. The van der Waals surface area contributed by atoms with Crippen molar-refractivity contribution in [3.8, 4) is 17.1 Å². The number of benzene rings is 2. The van der Waals surface area contributed by atoms with Crippen LogP contribution in [0, 0.1) is 5.82 Å². The number of rotatable bonds is 5. The molecule has 4 rings (SSSR count). The van der Waals surface area contributed by atoms with E-state index in [1.807, 2.05) is 24.3 Å². The molecule has 1 aliphatic rings. The van der Waals surface area contributed by atoms with Crippen LogP contribution in [-0.2, 0) is 10.2 Å². The van der Waals surface area contributed by atoms with Gasteiger partial charge in [-0.25, -0.2) is 4.39 Å². The number of hydrogen-bond acceptors (Lipinski definition) is 5. The zero-order chi connectivity index (χ0) is 22.7. The van der Waals surface area contributed by atoms with Gasteiger partial charge >= 0.3 is 0 Å². The van der Waals surface area contributed by atoms with Gasteiger partial charge in [-0.1, -0.05) is 50.2 Å². The summed E-state index contributed by atoms with van der Waals surface area (Å²) < 4.78 is 24.6. The Morgan fingerprint density at radius 1 is 1.22 bits per heavy atom. The number of aromatic nitrogens is 2. The zero-order valence-corrected chi connectivity index (χ0v) is 18.7. The Balaban J connectivity index is 1.35. The molecule has 1 amide bonds. The van der Waals surface area contributed by atoms with Gasteiger partial charge in [0.25, 0.3) is 5.91 Å². The third kappa shape index (κ3) is 5.15. The van der Waals surface area contributed by atoms with Crippen LogP contribution < -0.4 is 4.74 Å². The molecular formula is C25H28FN3O3. The molecule has 1 aromatic heterocycles. The number of halogens is 1. The minimum absolute atomic E-state index is 0.0139. The Morgan fingerprint density at radius 3 is 2.72 bits per heavy atom. The van der Waals surface area contributed by atoms with E-state index in [1.54, 1.807) is 17.0 Å². The van der Waals surface area contributed by atoms with Crippen molar-refractivity contribution in [1.29, 1.82) is 0 Å². The van der Waals surface area contributed by atoms with Gasteiger partial charge in [0, 0.05) is 18.7 Å². The molecular weight excluding hydrogens is 409 g/mol. The summed E-state index contributed by atoms with van der Waals surface area (Å²) in [5, 5.41) is 3.99. The first-order valence-electron chi connectivity index (χ1n) is 10.9. The van der Waals surface area contributed by atoms with Crippen LogP contribution in [0.5, 0.6) is 5.75 Å². The molecule has 0 radical (unpaired) electrons. The molecule has 1 fully saturated rings. The average Bonchev–Trinajstić information content (AvgIpc) is 3.28. The summed E-state index contributed by atoms with van der Waals surface area (Å²) >= 11 is 0. The van der Waals surface area contributed by atoms with Gasteiger partial charge < -0.3 is 14.2 Å². The van der Waals surface area contributed by atoms with E-state index < -0.39 is 0 Å². The first-order valence-corrected chi connectivity index (χ1v) is 10.9. The summed E-state index contributed by atoms with van der Waals surface area (Å²) in [6.07, 6.45) is 1.69. The van der Waals surface area contributed by atoms with Crippen molar-refractivity contribution >= 4 is 5.91 Å². The van der Waals surface area contributed by atoms with Crippen molar-refractivity contribution in [2.75, 3.05) is 19.7 Å². The minimum atomic E-state index is -0.351. The van der Waals surface area contributed by atoms with Crippen LogP contribution in [0.3, 0.4) is 0 Å². The molecule has 1 atom stereocenters. The topological polar surface area (TPSA) is 68.5 Å². The highest BCUT2D eigenvalue weighted by atomic mass is 19.1. The third-order valence-corrected chi connectivity index (χ3v) is 5.73. The zero-order valence-electron chi connectivity index (χ0n) is 18.7. The Bertz CT molecular complexity index is 1070. The maximum atomic E-state index is 13.5. The Hall–Kier alpha value is -3.22. The van der Waals surface area contributed by atoms with Crippen LogP contribution in [0.15, 0.2) is 53.1 Å². The SMILES string of the molecule is CC(C)(C)c1ccc(OCC(=O)N2CCCC(c3nc(-c4cccc(F)c4)no3)C2)cc1. The van der Waals surface area contributed by atoms with Gasteiger partial charge in [0.15, 0.2) is 6.61 Å². The molecule has 0 aliphatic carbocycles. The van der Waals surface area contributed by atoms with Gasteiger partial charge in [-0.05, 0) is 48.1 Å². The highest BCUT2D eigenvalue weighted by molar-refractivity contribution is 5.78. The lowest BCUT2D eigenvalue weighted by Gasteiger charge is -2.31. The molecule has 7 heteroatoms. The number of likely N-dealkylation sites (tertiary alicyclic amines) is 1. The Labute approximate surface area is 187 Å². The second kappa shape index (κ2) is 9.10. The normalized spacial score (nSPS) is 16.8. The molecule has 0 spiro atoms. The van der Waals surface area contributed by atoms with Crippen molar-refractivity contribution in [1.82, 2.24) is 15.0 Å². The second-order valence-corrected chi connectivity index (χ2v) is 9.21. The van der Waals surface area contributed by atoms with Crippen LogP contribution >= 0.6 is 0 Å². The van der Waals surface area contributed by atoms with Crippen molar-refractivity contribution in [2.45, 2.75) is 44.9 Å². The van der Waals surface area contributed by atoms with Gasteiger partial charge in [0.2, 0.25) is 11.7 Å². The van der Waals surface area contributed by atoms with Crippen molar-refractivity contribution < 1.29 is 18.4 Å². The summed E-state index contributed by atoms with van der Waals surface area (Å²) in [5.74, 6) is 1.03. The molecule has 0 N–H and O–H groups in total. The smallest absolute Gasteiger partial charge is 0.260 e. The average molecular weight is 438 g/mol. The Kier molecular flexibility index (Phi) is 6.26. The quantitative estimate of drug-likeness (QED) is 0.564. The molecule has 0 bridgehead atoms. The molecule has 1 aliphatic heterocycles. The van der Waals surface area contributed by atoms with E-state index in [9.17, 15) is 9.18 Å². The first-order chi connectivity index (χ1) is 15.3. The highest BCUT2D eigenvalue weighted by Gasteiger charge is 2.29. The fourth-order valence-corrected chi connectivity index (χ4v) is 3.84. The largest absolute Gasteiger partial charge is 0.484 e. The minimum Gasteiger partial charge on any atom is -0.484 e. The number of hydrogen-bond donors (Lipinski definition) is 0. The van der Waals surface area contributed by atoms with Crippen LogP contribution in [-0.4, -0.2) is 40.6 Å². The summed E-state index contributed by atoms with van der Waals surface area (Å²) in [5.41, 5.74) is 1.85. The van der Waals surface area contributed by atoms with E-state index in [1.165, 1.54) is 17.7 Å². The molecule has 6 nitrogen and oxygen atoms in total. The van der Waals surface area contributed by atoms with Crippen molar-refractivity contribution in [2.24, 2.45) is 0 Å². The van der Waals surface area contributed by atoms with Gasteiger partial charge in [-0.15, -0.1) is 0 Å². The third-order valence-electron chi connectivity index (χ3n) is 5.73. The number of ether oxygens (including phenoxy) is 1. The molecule has 0 saturated carbocycles. The fraction of sp³-hybridized carbons (Fsp3) is 0.400. The fourth-order valence-electron chi connectivity index (χ4n) is 3.84. The number of piperidine rings is 1. The van der Waals surface area contributed by atoms with E-state index in [0.717, 1.165) is 12.8 Å². The van der Waals surface area contributed by atoms with Crippen LogP contribution in [0.2, 0.25) is 0 Å². The van der Waals surface area contributed by atoms with Gasteiger partial charge in [-0.2, -0.15) is 4.98 Å². The van der Waals surface area contributed by atoms with Crippen LogP contribution in [0.25, 0.3) is 11.4 Å². The standard InChI is InChI=1S/C25H28FN3O3/c1-25(2,3)19-9-11-21(12-10-19)31-16-22(30)29-13-5-7-18(15-29)24-27-23(28-32-24)17-6-4-8-20(26)14-17/h4,6,8-12,14,18H,5,7,13,15-16H2,1-3H3. The van der Waals surface area contributed by atoms with E-state index in [4.69, 9.17) is 9.26 Å². The van der Waals surface area contributed by atoms with Crippen molar-refractivity contribution in [3.05, 3.63) is 65.8 Å². The Morgan fingerprint density at radius 2 is 2.00 bits per heavy atom. The van der Waals surface area contributed by atoms with E-state index >= 15 is 0 Å². The monoisotopic (exact) mass is 437 g/mol.